The first-order valence-electron chi connectivity index (χ1n) is 9.25. The molecule has 0 unspecified atom stereocenters. The molecule has 0 atom stereocenters. The van der Waals surface area contributed by atoms with Gasteiger partial charge in [-0.2, -0.15) is 0 Å². The van der Waals surface area contributed by atoms with Crippen LogP contribution >= 0.6 is 12.2 Å². The second-order valence-electron chi connectivity index (χ2n) is 8.46. The Morgan fingerprint density at radius 3 is 2.00 bits per heavy atom. The highest BCUT2D eigenvalue weighted by Crippen LogP contribution is 2.60. The molecule has 0 radical (unpaired) electrons. The maximum atomic E-state index is 12.9. The van der Waals surface area contributed by atoms with Crippen molar-refractivity contribution in [2.24, 2.45) is 23.2 Å². The first-order valence-corrected chi connectivity index (χ1v) is 9.66. The zero-order chi connectivity index (χ0) is 15.2. The highest BCUT2D eigenvalue weighted by molar-refractivity contribution is 7.80. The molecule has 5 aliphatic rings. The van der Waals surface area contributed by atoms with E-state index < -0.39 is 0 Å². The molecule has 5 fully saturated rings. The summed E-state index contributed by atoms with van der Waals surface area (Å²) in [6.45, 7) is 0. The second-order valence-corrected chi connectivity index (χ2v) is 8.87. The summed E-state index contributed by atoms with van der Waals surface area (Å²) in [5, 5.41) is 7.02. The molecular weight excluding hydrogens is 292 g/mol. The standard InChI is InChI=1S/C18H28N2OS/c21-16(20-17(22)19-15-4-2-1-3-5-15)18-9-12-6-13(10-18)8-14(7-12)11-18/h12-15H,1-11H2,(H2,19,20,21,22). The molecule has 0 heterocycles. The number of hydrogen-bond donors (Lipinski definition) is 2. The van der Waals surface area contributed by atoms with E-state index >= 15 is 0 Å². The van der Waals surface area contributed by atoms with E-state index in [-0.39, 0.29) is 11.3 Å². The molecular formula is C18H28N2OS. The van der Waals surface area contributed by atoms with Gasteiger partial charge in [0.2, 0.25) is 5.91 Å². The SMILES string of the molecule is O=C(NC(=S)NC1CCCCC1)C12CC3CC(CC(C3)C1)C2. The van der Waals surface area contributed by atoms with Crippen LogP contribution in [0, 0.1) is 23.2 Å². The van der Waals surface area contributed by atoms with Crippen molar-refractivity contribution >= 4 is 23.2 Å². The Bertz CT molecular complexity index is 434. The number of amides is 1. The van der Waals surface area contributed by atoms with Crippen molar-refractivity contribution in [2.75, 3.05) is 0 Å². The van der Waals surface area contributed by atoms with Gasteiger partial charge in [0.15, 0.2) is 5.11 Å². The molecule has 5 rings (SSSR count). The lowest BCUT2D eigenvalue weighted by molar-refractivity contribution is -0.144. The minimum Gasteiger partial charge on any atom is -0.360 e. The fourth-order valence-electron chi connectivity index (χ4n) is 6.09. The van der Waals surface area contributed by atoms with Crippen LogP contribution in [0.1, 0.15) is 70.6 Å². The summed E-state index contributed by atoms with van der Waals surface area (Å²) >= 11 is 5.42. The van der Waals surface area contributed by atoms with Crippen LogP contribution in [-0.2, 0) is 4.79 Å². The van der Waals surface area contributed by atoms with Crippen LogP contribution < -0.4 is 10.6 Å². The highest BCUT2D eigenvalue weighted by Gasteiger charge is 2.54. The van der Waals surface area contributed by atoms with Crippen molar-refractivity contribution < 1.29 is 4.79 Å². The summed E-state index contributed by atoms with van der Waals surface area (Å²) in [5.74, 6) is 2.63. The van der Waals surface area contributed by atoms with E-state index in [2.05, 4.69) is 10.6 Å². The monoisotopic (exact) mass is 320 g/mol. The van der Waals surface area contributed by atoms with Gasteiger partial charge in [-0.05, 0) is 81.3 Å². The number of carbonyl (C=O) groups excluding carboxylic acids is 1. The number of thiocarbonyl (C=S) groups is 1. The number of rotatable bonds is 2. The lowest BCUT2D eigenvalue weighted by Crippen LogP contribution is -2.56. The van der Waals surface area contributed by atoms with E-state index in [0.717, 1.165) is 37.0 Å². The predicted octanol–water partition coefficient (Wildman–Crippen LogP) is 3.53. The molecule has 5 saturated carbocycles. The summed E-state index contributed by atoms with van der Waals surface area (Å²) in [7, 11) is 0. The Morgan fingerprint density at radius 2 is 1.45 bits per heavy atom. The lowest BCUT2D eigenvalue weighted by Gasteiger charge is -2.55. The zero-order valence-corrected chi connectivity index (χ0v) is 14.2. The van der Waals surface area contributed by atoms with Crippen molar-refractivity contribution in [2.45, 2.75) is 76.7 Å². The molecule has 1 amide bonds. The van der Waals surface area contributed by atoms with Crippen molar-refractivity contribution in [3.63, 3.8) is 0 Å². The van der Waals surface area contributed by atoms with Gasteiger partial charge in [0.05, 0.1) is 5.41 Å². The van der Waals surface area contributed by atoms with E-state index in [1.54, 1.807) is 0 Å². The van der Waals surface area contributed by atoms with E-state index in [4.69, 9.17) is 12.2 Å². The van der Waals surface area contributed by atoms with Crippen LogP contribution in [0.15, 0.2) is 0 Å². The third-order valence-electron chi connectivity index (χ3n) is 6.69. The number of hydrogen-bond acceptors (Lipinski definition) is 2. The quantitative estimate of drug-likeness (QED) is 0.765. The summed E-state index contributed by atoms with van der Waals surface area (Å²) < 4.78 is 0. The molecule has 122 valence electrons. The van der Waals surface area contributed by atoms with Crippen LogP contribution in [0.25, 0.3) is 0 Å². The molecule has 0 aliphatic heterocycles. The van der Waals surface area contributed by atoms with Crippen molar-refractivity contribution in [3.8, 4) is 0 Å². The lowest BCUT2D eigenvalue weighted by atomic mass is 9.49. The topological polar surface area (TPSA) is 41.1 Å². The van der Waals surface area contributed by atoms with Gasteiger partial charge >= 0.3 is 0 Å². The summed E-state index contributed by atoms with van der Waals surface area (Å²) in [5.41, 5.74) is -0.0902. The average Bonchev–Trinajstić information content (AvgIpc) is 2.46. The van der Waals surface area contributed by atoms with Gasteiger partial charge in [-0.15, -0.1) is 0 Å². The first-order chi connectivity index (χ1) is 10.6. The molecule has 0 aromatic carbocycles. The van der Waals surface area contributed by atoms with Crippen LogP contribution in [0.5, 0.6) is 0 Å². The van der Waals surface area contributed by atoms with Crippen LogP contribution in [0.2, 0.25) is 0 Å². The van der Waals surface area contributed by atoms with Gasteiger partial charge in [0.1, 0.15) is 0 Å². The molecule has 5 aliphatic carbocycles. The van der Waals surface area contributed by atoms with Crippen molar-refractivity contribution in [1.82, 2.24) is 10.6 Å². The van der Waals surface area contributed by atoms with Crippen molar-refractivity contribution in [3.05, 3.63) is 0 Å². The molecule has 2 N–H and O–H groups in total. The third-order valence-corrected chi connectivity index (χ3v) is 6.91. The minimum absolute atomic E-state index is 0.0902. The fraction of sp³-hybridized carbons (Fsp3) is 0.889. The Hall–Kier alpha value is -0.640. The maximum absolute atomic E-state index is 12.9. The van der Waals surface area contributed by atoms with E-state index in [1.165, 1.54) is 51.4 Å². The second kappa shape index (κ2) is 5.77. The molecule has 0 aromatic rings. The van der Waals surface area contributed by atoms with Crippen LogP contribution in [-0.4, -0.2) is 17.1 Å². The Balaban J connectivity index is 1.36. The smallest absolute Gasteiger partial charge is 0.232 e. The molecule has 0 saturated heterocycles. The summed E-state index contributed by atoms with van der Waals surface area (Å²) in [6, 6.07) is 0.470. The van der Waals surface area contributed by atoms with Gasteiger partial charge in [0.25, 0.3) is 0 Å². The number of nitrogens with one attached hydrogen (secondary N) is 2. The third kappa shape index (κ3) is 2.79. The summed E-state index contributed by atoms with van der Waals surface area (Å²) in [4.78, 5) is 12.9. The molecule has 0 spiro atoms. The fourth-order valence-corrected chi connectivity index (χ4v) is 6.35. The zero-order valence-electron chi connectivity index (χ0n) is 13.4. The molecule has 4 heteroatoms. The molecule has 3 nitrogen and oxygen atoms in total. The average molecular weight is 321 g/mol. The maximum Gasteiger partial charge on any atom is 0.232 e. The van der Waals surface area contributed by atoms with Gasteiger partial charge < -0.3 is 10.6 Å². The minimum atomic E-state index is -0.0902. The van der Waals surface area contributed by atoms with E-state index in [9.17, 15) is 4.79 Å². The Labute approximate surface area is 139 Å². The normalized spacial score (nSPS) is 40.5. The van der Waals surface area contributed by atoms with Gasteiger partial charge in [-0.1, -0.05) is 19.3 Å². The Morgan fingerprint density at radius 1 is 0.909 bits per heavy atom. The van der Waals surface area contributed by atoms with Gasteiger partial charge in [0, 0.05) is 6.04 Å². The van der Waals surface area contributed by atoms with Crippen LogP contribution in [0.4, 0.5) is 0 Å². The Kier molecular flexibility index (Phi) is 3.91. The van der Waals surface area contributed by atoms with Gasteiger partial charge in [-0.3, -0.25) is 4.79 Å². The van der Waals surface area contributed by atoms with Crippen molar-refractivity contribution in [1.29, 1.82) is 0 Å². The first kappa shape index (κ1) is 14.9. The predicted molar refractivity (Wildman–Crippen MR) is 91.4 cm³/mol. The number of carbonyl (C=O) groups is 1. The van der Waals surface area contributed by atoms with Gasteiger partial charge in [-0.25, -0.2) is 0 Å². The van der Waals surface area contributed by atoms with E-state index in [1.807, 2.05) is 0 Å². The van der Waals surface area contributed by atoms with E-state index in [0.29, 0.717) is 11.2 Å². The molecule has 4 bridgehead atoms. The largest absolute Gasteiger partial charge is 0.360 e. The molecule has 0 aromatic heterocycles. The highest BCUT2D eigenvalue weighted by atomic mass is 32.1. The molecule has 22 heavy (non-hydrogen) atoms. The summed E-state index contributed by atoms with van der Waals surface area (Å²) in [6.07, 6.45) is 13.7. The van der Waals surface area contributed by atoms with Crippen LogP contribution in [0.3, 0.4) is 0 Å².